The number of alkyl halides is 1. The summed E-state index contributed by atoms with van der Waals surface area (Å²) in [5.41, 5.74) is 0. The number of rotatable bonds is 2. The summed E-state index contributed by atoms with van der Waals surface area (Å²) < 4.78 is 0. The number of nitrogens with one attached hydrogen (secondary N) is 1. The molecule has 1 rings (SSSR count). The minimum Gasteiger partial charge on any atom is -0.177 e. The quantitative estimate of drug-likeness (QED) is 0.700. The van der Waals surface area contributed by atoms with Crippen LogP contribution >= 0.6 is 15.9 Å². The number of H-pyrrole nitrogens is 1. The Kier molecular flexibility index (Phi) is 2.16. The third-order valence-electron chi connectivity index (χ3n) is 1.03. The highest BCUT2D eigenvalue weighted by molar-refractivity contribution is 9.09. The maximum absolute atomic E-state index is 3.81. The molecular formula is C4H7BrN4. The van der Waals surface area contributed by atoms with Crippen LogP contribution < -0.4 is 0 Å². The fraction of sp³-hybridized carbons (Fsp3) is 0.750. The van der Waals surface area contributed by atoms with Crippen molar-refractivity contribution in [3.8, 4) is 0 Å². The highest BCUT2D eigenvalue weighted by Crippen LogP contribution is 2.09. The van der Waals surface area contributed by atoms with E-state index in [0.717, 1.165) is 11.2 Å². The van der Waals surface area contributed by atoms with E-state index >= 15 is 0 Å². The summed E-state index contributed by atoms with van der Waals surface area (Å²) in [6, 6.07) is 0. The van der Waals surface area contributed by atoms with Crippen LogP contribution in [0.4, 0.5) is 0 Å². The lowest BCUT2D eigenvalue weighted by Gasteiger charge is -1.96. The summed E-state index contributed by atoms with van der Waals surface area (Å²) in [4.78, 5) is 0. The summed E-state index contributed by atoms with van der Waals surface area (Å²) in [5, 5.41) is 14.3. The van der Waals surface area contributed by atoms with Gasteiger partial charge in [-0.1, -0.05) is 28.1 Å². The molecule has 1 atom stereocenters. The molecular weight excluding hydrogens is 184 g/mol. The normalized spacial score (nSPS) is 13.6. The molecule has 5 heteroatoms. The molecule has 0 spiro atoms. The summed E-state index contributed by atoms with van der Waals surface area (Å²) in [5.74, 6) is 1.09. The predicted molar refractivity (Wildman–Crippen MR) is 36.4 cm³/mol. The van der Waals surface area contributed by atoms with Gasteiger partial charge in [0.1, 0.15) is 0 Å². The second kappa shape index (κ2) is 2.91. The first-order valence-corrected chi connectivity index (χ1v) is 3.76. The smallest absolute Gasteiger partial charge is 0.177 e. The van der Waals surface area contributed by atoms with Crippen molar-refractivity contribution >= 4 is 15.9 Å². The van der Waals surface area contributed by atoms with E-state index in [1.54, 1.807) is 0 Å². The van der Waals surface area contributed by atoms with Crippen LogP contribution in [-0.2, 0) is 0 Å². The third kappa shape index (κ3) is 1.48. The fourth-order valence-corrected chi connectivity index (χ4v) is 0.737. The molecule has 1 heterocycles. The Hall–Kier alpha value is -0.450. The fourth-order valence-electron chi connectivity index (χ4n) is 0.447. The number of nitrogens with zero attached hydrogens (tertiary/aromatic N) is 3. The molecule has 9 heavy (non-hydrogen) atoms. The van der Waals surface area contributed by atoms with Gasteiger partial charge in [0.15, 0.2) is 5.82 Å². The van der Waals surface area contributed by atoms with Crippen molar-refractivity contribution in [2.24, 2.45) is 0 Å². The molecule has 0 saturated carbocycles. The number of aromatic nitrogens is 4. The number of tetrazole rings is 1. The lowest BCUT2D eigenvalue weighted by Crippen LogP contribution is -1.96. The van der Waals surface area contributed by atoms with Gasteiger partial charge in [0.2, 0.25) is 0 Å². The van der Waals surface area contributed by atoms with E-state index in [1.165, 1.54) is 0 Å². The average molecular weight is 191 g/mol. The zero-order chi connectivity index (χ0) is 6.69. The second-order valence-corrected chi connectivity index (χ2v) is 2.47. The third-order valence-corrected chi connectivity index (χ3v) is 2.01. The van der Waals surface area contributed by atoms with Crippen molar-refractivity contribution in [2.75, 3.05) is 5.33 Å². The van der Waals surface area contributed by atoms with Crippen molar-refractivity contribution in [3.05, 3.63) is 5.82 Å². The molecule has 0 radical (unpaired) electrons. The first-order valence-electron chi connectivity index (χ1n) is 2.64. The molecule has 1 aromatic rings. The van der Waals surface area contributed by atoms with E-state index in [0.29, 0.717) is 5.92 Å². The first kappa shape index (κ1) is 6.67. The van der Waals surface area contributed by atoms with E-state index in [4.69, 9.17) is 0 Å². The zero-order valence-electron chi connectivity index (χ0n) is 5.00. The summed E-state index contributed by atoms with van der Waals surface area (Å²) >= 11 is 3.31. The summed E-state index contributed by atoms with van der Waals surface area (Å²) in [6.07, 6.45) is 0. The van der Waals surface area contributed by atoms with Gasteiger partial charge in [0.25, 0.3) is 0 Å². The number of hydrogen-bond donors (Lipinski definition) is 1. The molecule has 0 aliphatic carbocycles. The highest BCUT2D eigenvalue weighted by atomic mass is 79.9. The molecule has 1 N–H and O–H groups in total. The standard InChI is InChI=1S/C4H7BrN4/c1-3(2-5)4-6-8-9-7-4/h3H,2H2,1H3,(H,6,7,8,9). The van der Waals surface area contributed by atoms with Gasteiger partial charge in [0.05, 0.1) is 0 Å². The van der Waals surface area contributed by atoms with E-state index in [2.05, 4.69) is 36.6 Å². The molecule has 0 aliphatic heterocycles. The van der Waals surface area contributed by atoms with E-state index in [1.807, 2.05) is 6.92 Å². The van der Waals surface area contributed by atoms with E-state index in [9.17, 15) is 0 Å². The molecule has 0 bridgehead atoms. The van der Waals surface area contributed by atoms with Gasteiger partial charge < -0.3 is 0 Å². The van der Waals surface area contributed by atoms with Gasteiger partial charge in [0, 0.05) is 11.2 Å². The van der Waals surface area contributed by atoms with Crippen LogP contribution in [0.25, 0.3) is 0 Å². The van der Waals surface area contributed by atoms with Crippen LogP contribution in [0.5, 0.6) is 0 Å². The van der Waals surface area contributed by atoms with Gasteiger partial charge >= 0.3 is 0 Å². The lowest BCUT2D eigenvalue weighted by molar-refractivity contribution is 0.794. The molecule has 0 saturated heterocycles. The monoisotopic (exact) mass is 190 g/mol. The molecule has 4 nitrogen and oxygen atoms in total. The summed E-state index contributed by atoms with van der Waals surface area (Å²) in [6.45, 7) is 2.03. The van der Waals surface area contributed by atoms with Crippen LogP contribution in [-0.4, -0.2) is 26.0 Å². The maximum atomic E-state index is 3.81. The Morgan fingerprint density at radius 1 is 1.78 bits per heavy atom. The minimum atomic E-state index is 0.337. The average Bonchev–Trinajstić information content (AvgIpc) is 2.37. The van der Waals surface area contributed by atoms with Crippen LogP contribution in [0.15, 0.2) is 0 Å². The molecule has 0 amide bonds. The van der Waals surface area contributed by atoms with Crippen LogP contribution in [0.1, 0.15) is 18.7 Å². The SMILES string of the molecule is CC(CBr)c1nn[nH]n1. The second-order valence-electron chi connectivity index (χ2n) is 1.83. The topological polar surface area (TPSA) is 54.5 Å². The Morgan fingerprint density at radius 2 is 2.56 bits per heavy atom. The molecule has 1 unspecified atom stereocenters. The largest absolute Gasteiger partial charge is 0.178 e. The Balaban J connectivity index is 2.65. The van der Waals surface area contributed by atoms with E-state index in [-0.39, 0.29) is 0 Å². The maximum Gasteiger partial charge on any atom is 0.178 e. The van der Waals surface area contributed by atoms with E-state index < -0.39 is 0 Å². The first-order chi connectivity index (χ1) is 4.34. The van der Waals surface area contributed by atoms with Crippen molar-refractivity contribution in [2.45, 2.75) is 12.8 Å². The van der Waals surface area contributed by atoms with Gasteiger partial charge in [-0.15, -0.1) is 10.2 Å². The minimum absolute atomic E-state index is 0.337. The molecule has 1 aromatic heterocycles. The van der Waals surface area contributed by atoms with Crippen LogP contribution in [0.2, 0.25) is 0 Å². The Labute approximate surface area is 61.2 Å². The van der Waals surface area contributed by atoms with Crippen molar-refractivity contribution in [1.29, 1.82) is 0 Å². The Morgan fingerprint density at radius 3 is 3.00 bits per heavy atom. The van der Waals surface area contributed by atoms with Crippen LogP contribution in [0.3, 0.4) is 0 Å². The highest BCUT2D eigenvalue weighted by Gasteiger charge is 2.06. The van der Waals surface area contributed by atoms with Crippen molar-refractivity contribution in [1.82, 2.24) is 20.6 Å². The number of aromatic amines is 1. The molecule has 0 aromatic carbocycles. The predicted octanol–water partition coefficient (Wildman–Crippen LogP) is 0.698. The van der Waals surface area contributed by atoms with Gasteiger partial charge in [-0.3, -0.25) is 0 Å². The lowest BCUT2D eigenvalue weighted by atomic mass is 10.2. The Bertz CT molecular complexity index is 161. The number of halogens is 1. The van der Waals surface area contributed by atoms with Crippen molar-refractivity contribution in [3.63, 3.8) is 0 Å². The number of hydrogen-bond acceptors (Lipinski definition) is 3. The zero-order valence-corrected chi connectivity index (χ0v) is 6.59. The summed E-state index contributed by atoms with van der Waals surface area (Å²) in [7, 11) is 0. The van der Waals surface area contributed by atoms with Crippen molar-refractivity contribution < 1.29 is 0 Å². The van der Waals surface area contributed by atoms with Gasteiger partial charge in [-0.05, 0) is 0 Å². The van der Waals surface area contributed by atoms with Gasteiger partial charge in [-0.25, -0.2) is 0 Å². The molecule has 0 aliphatic rings. The molecule has 50 valence electrons. The van der Waals surface area contributed by atoms with Gasteiger partial charge in [-0.2, -0.15) is 5.21 Å². The van der Waals surface area contributed by atoms with Crippen LogP contribution in [0, 0.1) is 0 Å². The molecule has 0 fully saturated rings.